The highest BCUT2D eigenvalue weighted by Crippen LogP contribution is 2.51. The Morgan fingerprint density at radius 2 is 2.06 bits per heavy atom. The number of thioether (sulfide) groups is 1. The normalized spacial score (nSPS) is 33.6. The van der Waals surface area contributed by atoms with Crippen molar-refractivity contribution in [3.05, 3.63) is 42.5 Å². The van der Waals surface area contributed by atoms with Gasteiger partial charge in [0.05, 0.1) is 10.6 Å². The quantitative estimate of drug-likeness (QED) is 0.333. The molecule has 2 aliphatic carbocycles. The summed E-state index contributed by atoms with van der Waals surface area (Å²) in [6.45, 7) is 11.4. The molecule has 6 atom stereocenters. The van der Waals surface area contributed by atoms with Gasteiger partial charge in [0.1, 0.15) is 6.10 Å². The Morgan fingerprint density at radius 1 is 1.29 bits per heavy atom. The lowest BCUT2D eigenvalue weighted by molar-refractivity contribution is -0.148. The van der Waals surface area contributed by atoms with Crippen molar-refractivity contribution in [1.82, 2.24) is 9.88 Å². The summed E-state index contributed by atoms with van der Waals surface area (Å²) in [4.78, 5) is 18.6. The van der Waals surface area contributed by atoms with Gasteiger partial charge in [-0.15, -0.1) is 11.8 Å². The minimum absolute atomic E-state index is 0.0883. The van der Waals surface area contributed by atoms with Crippen LogP contribution < -0.4 is 0 Å². The molecule has 4 rings (SSSR count). The van der Waals surface area contributed by atoms with Crippen molar-refractivity contribution in [3.63, 3.8) is 0 Å². The number of piperidine rings is 1. The number of esters is 1. The smallest absolute Gasteiger partial charge is 0.303 e. The van der Waals surface area contributed by atoms with Gasteiger partial charge < -0.3 is 14.7 Å². The molecule has 1 aromatic rings. The third-order valence-corrected chi connectivity index (χ3v) is 9.58. The molecule has 0 spiro atoms. The van der Waals surface area contributed by atoms with Crippen molar-refractivity contribution < 1.29 is 14.6 Å². The van der Waals surface area contributed by atoms with Crippen LogP contribution in [0.5, 0.6) is 0 Å². The van der Waals surface area contributed by atoms with Crippen molar-refractivity contribution in [2.24, 2.45) is 29.6 Å². The van der Waals surface area contributed by atoms with E-state index in [4.69, 9.17) is 4.74 Å². The molecule has 5 nitrogen and oxygen atoms in total. The number of likely N-dealkylation sites (tertiary alicyclic amines) is 1. The number of hydrogen-bond acceptors (Lipinski definition) is 6. The van der Waals surface area contributed by atoms with Crippen LogP contribution in [0.1, 0.15) is 53.4 Å². The summed E-state index contributed by atoms with van der Waals surface area (Å²) < 4.78 is 5.50. The molecular formula is C28H41N2O3S. The van der Waals surface area contributed by atoms with Gasteiger partial charge in [-0.2, -0.15) is 0 Å². The van der Waals surface area contributed by atoms with E-state index in [-0.39, 0.29) is 17.8 Å². The van der Waals surface area contributed by atoms with Crippen LogP contribution in [-0.2, 0) is 9.53 Å². The molecule has 1 saturated heterocycles. The van der Waals surface area contributed by atoms with Crippen LogP contribution >= 0.6 is 11.8 Å². The van der Waals surface area contributed by atoms with E-state index in [1.165, 1.54) is 19.8 Å². The Labute approximate surface area is 209 Å². The number of rotatable bonds is 7. The molecule has 2 heterocycles. The van der Waals surface area contributed by atoms with Gasteiger partial charge in [-0.3, -0.25) is 4.79 Å². The molecule has 2 fully saturated rings. The van der Waals surface area contributed by atoms with Crippen LogP contribution in [0.4, 0.5) is 0 Å². The van der Waals surface area contributed by atoms with Gasteiger partial charge in [-0.1, -0.05) is 26.0 Å². The number of carbonyl (C=O) groups excluding carboxylic acids is 1. The van der Waals surface area contributed by atoms with E-state index in [2.05, 4.69) is 41.9 Å². The van der Waals surface area contributed by atoms with Crippen LogP contribution in [0, 0.1) is 36.0 Å². The summed E-state index contributed by atoms with van der Waals surface area (Å²) >= 11 is 1.88. The SMILES string of the molecule is CC(=O)O[C@@H]1[CH][C@@]2(O)[C@H](C)CC[C@@H](C(C)CN3CCC(CSc4ccccn4)CC3)[C@H]2C=C1C. The first-order valence-corrected chi connectivity index (χ1v) is 13.9. The lowest BCUT2D eigenvalue weighted by atomic mass is 9.57. The third-order valence-electron chi connectivity index (χ3n) is 8.41. The highest BCUT2D eigenvalue weighted by atomic mass is 32.2. The summed E-state index contributed by atoms with van der Waals surface area (Å²) in [5.41, 5.74) is 0.134. The molecule has 3 aliphatic rings. The summed E-state index contributed by atoms with van der Waals surface area (Å²) in [7, 11) is 0. The van der Waals surface area contributed by atoms with E-state index in [1.807, 2.05) is 37.4 Å². The Balaban J connectivity index is 1.33. The molecule has 187 valence electrons. The average Bonchev–Trinajstić information content (AvgIpc) is 2.81. The van der Waals surface area contributed by atoms with Crippen LogP contribution in [0.3, 0.4) is 0 Å². The second-order valence-corrected chi connectivity index (χ2v) is 11.9. The van der Waals surface area contributed by atoms with E-state index < -0.39 is 11.7 Å². The molecule has 1 saturated carbocycles. The van der Waals surface area contributed by atoms with Crippen LogP contribution in [0.2, 0.25) is 0 Å². The molecule has 0 bridgehead atoms. The van der Waals surface area contributed by atoms with Gasteiger partial charge in [-0.05, 0) is 87.1 Å². The summed E-state index contributed by atoms with van der Waals surface area (Å²) in [5.74, 6) is 2.80. The van der Waals surface area contributed by atoms with E-state index in [0.717, 1.165) is 54.7 Å². The van der Waals surface area contributed by atoms with E-state index in [0.29, 0.717) is 11.8 Å². The number of ether oxygens (including phenoxy) is 1. The lowest BCUT2D eigenvalue weighted by Crippen LogP contribution is -2.56. The molecule has 0 amide bonds. The largest absolute Gasteiger partial charge is 0.458 e. The van der Waals surface area contributed by atoms with Gasteiger partial charge in [0, 0.05) is 37.8 Å². The maximum atomic E-state index is 11.8. The Hall–Kier alpha value is -1.37. The molecule has 1 radical (unpaired) electrons. The standard InChI is InChI=1S/C28H41N2O3S/c1-19-15-25-24(9-8-21(3)28(25,32)16-26(19)33-22(4)31)20(2)17-30-13-10-23(11-14-30)18-34-27-7-5-6-12-29-27/h5-7,12,15-16,20-21,23-26,32H,8-11,13-14,17-18H2,1-4H3/t20?,21-,24+,25-,26-,28-/m1/s1. The molecule has 1 N–H and O–H groups in total. The van der Waals surface area contributed by atoms with Gasteiger partial charge in [0.2, 0.25) is 0 Å². The highest BCUT2D eigenvalue weighted by molar-refractivity contribution is 7.99. The summed E-state index contributed by atoms with van der Waals surface area (Å²) in [6, 6.07) is 6.13. The molecule has 0 aromatic carbocycles. The zero-order valence-electron chi connectivity index (χ0n) is 21.2. The zero-order chi connectivity index (χ0) is 24.3. The number of carbonyl (C=O) groups is 1. The fourth-order valence-electron chi connectivity index (χ4n) is 6.27. The Kier molecular flexibility index (Phi) is 8.42. The van der Waals surface area contributed by atoms with Crippen LogP contribution in [-0.4, -0.2) is 58.1 Å². The monoisotopic (exact) mass is 485 g/mol. The predicted molar refractivity (Wildman–Crippen MR) is 137 cm³/mol. The van der Waals surface area contributed by atoms with Crippen molar-refractivity contribution in [1.29, 1.82) is 0 Å². The number of aliphatic hydroxyl groups is 1. The van der Waals surface area contributed by atoms with E-state index >= 15 is 0 Å². The molecule has 1 unspecified atom stereocenters. The van der Waals surface area contributed by atoms with E-state index in [9.17, 15) is 9.90 Å². The fourth-order valence-corrected chi connectivity index (χ4v) is 7.32. The third kappa shape index (κ3) is 5.88. The van der Waals surface area contributed by atoms with Crippen LogP contribution in [0.15, 0.2) is 41.1 Å². The fraction of sp³-hybridized carbons (Fsp3) is 0.679. The number of hydrogen-bond donors (Lipinski definition) is 1. The number of pyridine rings is 1. The minimum Gasteiger partial charge on any atom is -0.458 e. The molecule has 1 aliphatic heterocycles. The number of aromatic nitrogens is 1. The average molecular weight is 486 g/mol. The van der Waals surface area contributed by atoms with Crippen molar-refractivity contribution in [2.45, 2.75) is 70.1 Å². The lowest BCUT2D eigenvalue weighted by Gasteiger charge is -2.53. The Morgan fingerprint density at radius 3 is 2.74 bits per heavy atom. The highest BCUT2D eigenvalue weighted by Gasteiger charge is 2.53. The van der Waals surface area contributed by atoms with Crippen molar-refractivity contribution in [3.8, 4) is 0 Å². The van der Waals surface area contributed by atoms with Crippen molar-refractivity contribution in [2.75, 3.05) is 25.4 Å². The first-order chi connectivity index (χ1) is 16.3. The first-order valence-electron chi connectivity index (χ1n) is 13.0. The Bertz CT molecular complexity index is 854. The summed E-state index contributed by atoms with van der Waals surface area (Å²) in [6.07, 6.45) is 10.2. The van der Waals surface area contributed by atoms with Gasteiger partial charge >= 0.3 is 5.97 Å². The zero-order valence-corrected chi connectivity index (χ0v) is 22.0. The van der Waals surface area contributed by atoms with E-state index in [1.54, 1.807) is 0 Å². The van der Waals surface area contributed by atoms with Gasteiger partial charge in [0.25, 0.3) is 0 Å². The summed E-state index contributed by atoms with van der Waals surface area (Å²) in [5, 5.41) is 12.9. The van der Waals surface area contributed by atoms with Crippen LogP contribution in [0.25, 0.3) is 0 Å². The molecule has 6 heteroatoms. The van der Waals surface area contributed by atoms with Gasteiger partial charge in [0.15, 0.2) is 0 Å². The molecular weight excluding hydrogens is 444 g/mol. The maximum Gasteiger partial charge on any atom is 0.303 e. The number of fused-ring (bicyclic) bond motifs is 1. The maximum absolute atomic E-state index is 11.8. The topological polar surface area (TPSA) is 62.7 Å². The second-order valence-electron chi connectivity index (χ2n) is 10.9. The second kappa shape index (κ2) is 11.1. The van der Waals surface area contributed by atoms with Crippen molar-refractivity contribution >= 4 is 17.7 Å². The molecule has 34 heavy (non-hydrogen) atoms. The number of nitrogens with zero attached hydrogens (tertiary/aromatic N) is 2. The first kappa shape index (κ1) is 25.7. The minimum atomic E-state index is -0.910. The predicted octanol–water partition coefficient (Wildman–Crippen LogP) is 5.01. The molecule has 1 aromatic heterocycles. The van der Waals surface area contributed by atoms with Gasteiger partial charge in [-0.25, -0.2) is 4.98 Å².